The second-order valence-corrected chi connectivity index (χ2v) is 8.63. The van der Waals surface area contributed by atoms with Crippen LogP contribution in [0.15, 0.2) is 0 Å². The van der Waals surface area contributed by atoms with E-state index in [1.54, 1.807) is 0 Å². The molecule has 0 aromatic rings. The van der Waals surface area contributed by atoms with Gasteiger partial charge in [0.15, 0.2) is 0 Å². The summed E-state index contributed by atoms with van der Waals surface area (Å²) in [5, 5.41) is 14.1. The van der Waals surface area contributed by atoms with E-state index in [2.05, 4.69) is 12.2 Å². The molecular formula is C18H31NO. The first kappa shape index (κ1) is 13.6. The van der Waals surface area contributed by atoms with Gasteiger partial charge in [-0.1, -0.05) is 12.8 Å². The predicted octanol–water partition coefficient (Wildman–Crippen LogP) is 3.48. The predicted molar refractivity (Wildman–Crippen MR) is 81.5 cm³/mol. The summed E-state index contributed by atoms with van der Waals surface area (Å²) in [5.74, 6) is 3.09. The largest absolute Gasteiger partial charge is 0.392 e. The van der Waals surface area contributed by atoms with Gasteiger partial charge in [-0.15, -0.1) is 0 Å². The zero-order valence-electron chi connectivity index (χ0n) is 13.0. The Hall–Kier alpha value is -0.0800. The molecule has 5 saturated carbocycles. The molecule has 4 bridgehead atoms. The summed E-state index contributed by atoms with van der Waals surface area (Å²) in [7, 11) is 0. The minimum absolute atomic E-state index is 0.0971. The molecule has 0 heterocycles. The van der Waals surface area contributed by atoms with Gasteiger partial charge in [0.1, 0.15) is 0 Å². The number of aliphatic hydroxyl groups is 1. The monoisotopic (exact) mass is 277 g/mol. The fourth-order valence-electron chi connectivity index (χ4n) is 6.51. The summed E-state index contributed by atoms with van der Waals surface area (Å²) in [6.45, 7) is 2.43. The van der Waals surface area contributed by atoms with Gasteiger partial charge < -0.3 is 10.4 Å². The lowest BCUT2D eigenvalue weighted by atomic mass is 9.48. The number of hydrogen-bond acceptors (Lipinski definition) is 2. The third-order valence-corrected chi connectivity index (χ3v) is 7.20. The molecule has 2 heteroatoms. The van der Waals surface area contributed by atoms with Crippen LogP contribution in [0.1, 0.15) is 71.1 Å². The Kier molecular flexibility index (Phi) is 3.38. The van der Waals surface area contributed by atoms with E-state index in [0.717, 1.165) is 24.2 Å². The Labute approximate surface area is 123 Å². The molecule has 5 rings (SSSR count). The maximum atomic E-state index is 10.2. The van der Waals surface area contributed by atoms with Crippen molar-refractivity contribution < 1.29 is 5.11 Å². The summed E-state index contributed by atoms with van der Waals surface area (Å²) in [5.41, 5.74) is 0.575. The fraction of sp³-hybridized carbons (Fsp3) is 1.00. The molecule has 5 aliphatic rings. The third-order valence-electron chi connectivity index (χ3n) is 7.20. The standard InChI is InChI=1S/C18H31NO/c1-12(19-16-4-2-3-5-17(16)20)18-9-13-6-14(10-18)8-15(7-13)11-18/h12-17,19-20H,2-11H2,1H3. The first-order valence-electron chi connectivity index (χ1n) is 9.09. The van der Waals surface area contributed by atoms with Gasteiger partial charge in [-0.05, 0) is 81.5 Å². The minimum atomic E-state index is -0.0971. The van der Waals surface area contributed by atoms with Crippen molar-refractivity contribution in [2.45, 2.75) is 89.3 Å². The van der Waals surface area contributed by atoms with Crippen LogP contribution in [0.2, 0.25) is 0 Å². The van der Waals surface area contributed by atoms with Gasteiger partial charge in [0.2, 0.25) is 0 Å². The Balaban J connectivity index is 1.46. The van der Waals surface area contributed by atoms with Crippen LogP contribution in [0.3, 0.4) is 0 Å². The molecule has 0 amide bonds. The summed E-state index contributed by atoms with van der Waals surface area (Å²) >= 11 is 0. The summed E-state index contributed by atoms with van der Waals surface area (Å²) < 4.78 is 0. The van der Waals surface area contributed by atoms with Crippen LogP contribution in [0.4, 0.5) is 0 Å². The molecule has 0 aliphatic heterocycles. The molecule has 2 N–H and O–H groups in total. The minimum Gasteiger partial charge on any atom is -0.392 e. The molecule has 3 unspecified atom stereocenters. The van der Waals surface area contributed by atoms with Crippen LogP contribution in [0, 0.1) is 23.2 Å². The van der Waals surface area contributed by atoms with E-state index in [-0.39, 0.29) is 6.10 Å². The van der Waals surface area contributed by atoms with E-state index in [1.807, 2.05) is 0 Å². The van der Waals surface area contributed by atoms with Gasteiger partial charge in [0.05, 0.1) is 6.10 Å². The number of nitrogens with one attached hydrogen (secondary N) is 1. The number of rotatable bonds is 3. The lowest BCUT2D eigenvalue weighted by Gasteiger charge is -2.59. The molecule has 0 radical (unpaired) electrons. The van der Waals surface area contributed by atoms with Gasteiger partial charge in [0.25, 0.3) is 0 Å². The smallest absolute Gasteiger partial charge is 0.0693 e. The normalized spacial score (nSPS) is 52.2. The van der Waals surface area contributed by atoms with E-state index >= 15 is 0 Å². The summed E-state index contributed by atoms with van der Waals surface area (Å²) in [4.78, 5) is 0. The van der Waals surface area contributed by atoms with E-state index in [9.17, 15) is 5.11 Å². The van der Waals surface area contributed by atoms with Crippen molar-refractivity contribution >= 4 is 0 Å². The van der Waals surface area contributed by atoms with Gasteiger partial charge in [-0.2, -0.15) is 0 Å². The summed E-state index contributed by atoms with van der Waals surface area (Å²) in [6, 6.07) is 0.973. The highest BCUT2D eigenvalue weighted by Crippen LogP contribution is 2.61. The molecule has 5 aliphatic carbocycles. The molecule has 20 heavy (non-hydrogen) atoms. The zero-order chi connectivity index (χ0) is 13.7. The second kappa shape index (κ2) is 4.98. The molecule has 5 fully saturated rings. The summed E-state index contributed by atoms with van der Waals surface area (Å²) in [6.07, 6.45) is 13.6. The molecule has 0 saturated heterocycles. The lowest BCUT2D eigenvalue weighted by molar-refractivity contribution is -0.0759. The first-order valence-corrected chi connectivity index (χ1v) is 9.09. The average Bonchev–Trinajstić information content (AvgIpc) is 2.40. The van der Waals surface area contributed by atoms with E-state index in [4.69, 9.17) is 0 Å². The van der Waals surface area contributed by atoms with Crippen molar-refractivity contribution in [1.29, 1.82) is 0 Å². The van der Waals surface area contributed by atoms with Crippen LogP contribution < -0.4 is 5.32 Å². The van der Waals surface area contributed by atoms with Crippen molar-refractivity contribution in [2.24, 2.45) is 23.2 Å². The second-order valence-electron chi connectivity index (χ2n) is 8.63. The van der Waals surface area contributed by atoms with Crippen LogP contribution in [-0.4, -0.2) is 23.3 Å². The molecule has 114 valence electrons. The number of aliphatic hydroxyl groups excluding tert-OH is 1. The van der Waals surface area contributed by atoms with Crippen LogP contribution in [0.25, 0.3) is 0 Å². The Morgan fingerprint density at radius 3 is 2.05 bits per heavy atom. The Morgan fingerprint density at radius 2 is 1.50 bits per heavy atom. The van der Waals surface area contributed by atoms with Crippen LogP contribution in [-0.2, 0) is 0 Å². The maximum Gasteiger partial charge on any atom is 0.0693 e. The molecule has 3 atom stereocenters. The van der Waals surface area contributed by atoms with E-state index in [0.29, 0.717) is 17.5 Å². The van der Waals surface area contributed by atoms with Crippen LogP contribution >= 0.6 is 0 Å². The van der Waals surface area contributed by atoms with Crippen LogP contribution in [0.5, 0.6) is 0 Å². The topological polar surface area (TPSA) is 32.3 Å². The number of hydrogen-bond donors (Lipinski definition) is 2. The SMILES string of the molecule is CC(NC1CCCCC1O)C12CC3CC(CC(C3)C1)C2. The zero-order valence-corrected chi connectivity index (χ0v) is 13.0. The fourth-order valence-corrected chi connectivity index (χ4v) is 6.51. The van der Waals surface area contributed by atoms with E-state index in [1.165, 1.54) is 57.8 Å². The van der Waals surface area contributed by atoms with Gasteiger partial charge in [0, 0.05) is 12.1 Å². The average molecular weight is 277 g/mol. The van der Waals surface area contributed by atoms with Crippen molar-refractivity contribution in [2.75, 3.05) is 0 Å². The van der Waals surface area contributed by atoms with Gasteiger partial charge in [-0.3, -0.25) is 0 Å². The van der Waals surface area contributed by atoms with Gasteiger partial charge >= 0.3 is 0 Å². The molecular weight excluding hydrogens is 246 g/mol. The highest BCUT2D eigenvalue weighted by molar-refractivity contribution is 5.05. The molecule has 0 aromatic carbocycles. The highest BCUT2D eigenvalue weighted by atomic mass is 16.3. The molecule has 2 nitrogen and oxygen atoms in total. The van der Waals surface area contributed by atoms with Crippen molar-refractivity contribution in [3.05, 3.63) is 0 Å². The Morgan fingerprint density at radius 1 is 0.950 bits per heavy atom. The van der Waals surface area contributed by atoms with E-state index < -0.39 is 0 Å². The van der Waals surface area contributed by atoms with Crippen molar-refractivity contribution in [3.63, 3.8) is 0 Å². The van der Waals surface area contributed by atoms with Crippen molar-refractivity contribution in [1.82, 2.24) is 5.32 Å². The third kappa shape index (κ3) is 2.23. The first-order chi connectivity index (χ1) is 9.64. The maximum absolute atomic E-state index is 10.2. The lowest BCUT2D eigenvalue weighted by Crippen LogP contribution is -2.58. The quantitative estimate of drug-likeness (QED) is 0.827. The van der Waals surface area contributed by atoms with Crippen molar-refractivity contribution in [3.8, 4) is 0 Å². The molecule has 0 spiro atoms. The highest BCUT2D eigenvalue weighted by Gasteiger charge is 2.53. The van der Waals surface area contributed by atoms with Gasteiger partial charge in [-0.25, -0.2) is 0 Å². The molecule has 0 aromatic heterocycles. The Bertz CT molecular complexity index is 331.